The molecule has 1 aromatic heterocycles. The van der Waals surface area contributed by atoms with Gasteiger partial charge in [0.2, 0.25) is 11.5 Å². The molecule has 0 aliphatic carbocycles. The van der Waals surface area contributed by atoms with Gasteiger partial charge in [-0.1, -0.05) is 12.1 Å². The number of benzene rings is 2. The summed E-state index contributed by atoms with van der Waals surface area (Å²) >= 11 is 0. The van der Waals surface area contributed by atoms with E-state index >= 15 is 0 Å². The topological polar surface area (TPSA) is 110 Å². The van der Waals surface area contributed by atoms with E-state index < -0.39 is 5.91 Å². The van der Waals surface area contributed by atoms with Crippen LogP contribution in [0.25, 0.3) is 22.1 Å². The zero-order chi connectivity index (χ0) is 18.1. The highest BCUT2D eigenvalue weighted by Crippen LogP contribution is 2.43. The van der Waals surface area contributed by atoms with E-state index in [2.05, 4.69) is 0 Å². The maximum Gasteiger partial charge on any atom is 0.286 e. The minimum absolute atomic E-state index is 0.0603. The molecule has 1 amide bonds. The monoisotopic (exact) mass is 342 g/mol. The standard InChI is InChI=1S/C18H18N2O5/c1-22-12-7-9(8-13(23-2)16(12)24-3)10-5-4-6-11-14(19)17(18(20)21)25-15(10)11/h4-8H,19H2,1-3H3,(H2,20,21). The second-order valence-corrected chi connectivity index (χ2v) is 5.31. The summed E-state index contributed by atoms with van der Waals surface area (Å²) in [4.78, 5) is 11.5. The molecular formula is C18H18N2O5. The lowest BCUT2D eigenvalue weighted by molar-refractivity contribution is 0.0977. The van der Waals surface area contributed by atoms with Crippen molar-refractivity contribution in [2.24, 2.45) is 5.73 Å². The van der Waals surface area contributed by atoms with Crippen molar-refractivity contribution in [2.45, 2.75) is 0 Å². The zero-order valence-corrected chi connectivity index (χ0v) is 14.1. The quantitative estimate of drug-likeness (QED) is 0.738. The summed E-state index contributed by atoms with van der Waals surface area (Å²) in [5, 5.41) is 0.611. The Balaban J connectivity index is 2.30. The van der Waals surface area contributed by atoms with Crippen LogP contribution in [-0.2, 0) is 0 Å². The number of methoxy groups -OCH3 is 3. The molecule has 0 fully saturated rings. The highest BCUT2D eigenvalue weighted by molar-refractivity contribution is 6.08. The lowest BCUT2D eigenvalue weighted by atomic mass is 10.0. The highest BCUT2D eigenvalue weighted by Gasteiger charge is 2.20. The molecule has 0 radical (unpaired) electrons. The van der Waals surface area contributed by atoms with Crippen LogP contribution >= 0.6 is 0 Å². The first kappa shape index (κ1) is 16.5. The number of hydrogen-bond donors (Lipinski definition) is 2. The lowest BCUT2D eigenvalue weighted by Gasteiger charge is -2.14. The van der Waals surface area contributed by atoms with E-state index in [9.17, 15) is 4.79 Å². The van der Waals surface area contributed by atoms with E-state index in [-0.39, 0.29) is 11.4 Å². The molecule has 0 atom stereocenters. The van der Waals surface area contributed by atoms with Crippen LogP contribution in [-0.4, -0.2) is 27.2 Å². The van der Waals surface area contributed by atoms with Gasteiger partial charge in [-0.2, -0.15) is 0 Å². The van der Waals surface area contributed by atoms with Crippen molar-refractivity contribution < 1.29 is 23.4 Å². The average molecular weight is 342 g/mol. The number of anilines is 1. The Morgan fingerprint density at radius 2 is 1.68 bits per heavy atom. The first-order valence-corrected chi connectivity index (χ1v) is 7.43. The van der Waals surface area contributed by atoms with Crippen LogP contribution in [0.4, 0.5) is 5.69 Å². The SMILES string of the molecule is COc1cc(-c2cccc3c(N)c(C(N)=O)oc23)cc(OC)c1OC. The summed E-state index contributed by atoms with van der Waals surface area (Å²) in [6.45, 7) is 0. The number of fused-ring (bicyclic) bond motifs is 1. The number of rotatable bonds is 5. The number of para-hydroxylation sites is 1. The van der Waals surface area contributed by atoms with Gasteiger partial charge in [-0.05, 0) is 23.8 Å². The van der Waals surface area contributed by atoms with Gasteiger partial charge >= 0.3 is 0 Å². The van der Waals surface area contributed by atoms with Crippen molar-refractivity contribution in [3.05, 3.63) is 36.1 Å². The number of nitrogen functional groups attached to an aromatic ring is 1. The van der Waals surface area contributed by atoms with Crippen molar-refractivity contribution in [1.29, 1.82) is 0 Å². The molecule has 0 unspecified atom stereocenters. The molecule has 0 saturated heterocycles. The van der Waals surface area contributed by atoms with Crippen LogP contribution < -0.4 is 25.7 Å². The van der Waals surface area contributed by atoms with Gasteiger partial charge < -0.3 is 30.1 Å². The van der Waals surface area contributed by atoms with Crippen molar-refractivity contribution >= 4 is 22.6 Å². The maximum absolute atomic E-state index is 11.5. The predicted octanol–water partition coefficient (Wildman–Crippen LogP) is 2.81. The fraction of sp³-hybridized carbons (Fsp3) is 0.167. The molecule has 0 bridgehead atoms. The molecule has 3 aromatic rings. The van der Waals surface area contributed by atoms with E-state index in [1.54, 1.807) is 18.2 Å². The largest absolute Gasteiger partial charge is 0.493 e. The van der Waals surface area contributed by atoms with Crippen molar-refractivity contribution in [3.8, 4) is 28.4 Å². The summed E-state index contributed by atoms with van der Waals surface area (Å²) < 4.78 is 21.7. The van der Waals surface area contributed by atoms with E-state index in [1.807, 2.05) is 12.1 Å². The van der Waals surface area contributed by atoms with Gasteiger partial charge in [-0.15, -0.1) is 0 Å². The van der Waals surface area contributed by atoms with Crippen LogP contribution in [0.3, 0.4) is 0 Å². The summed E-state index contributed by atoms with van der Waals surface area (Å²) in [5.41, 5.74) is 13.5. The summed E-state index contributed by atoms with van der Waals surface area (Å²) in [6, 6.07) is 9.01. The van der Waals surface area contributed by atoms with Gasteiger partial charge in [-0.3, -0.25) is 4.79 Å². The smallest absolute Gasteiger partial charge is 0.286 e. The van der Waals surface area contributed by atoms with Crippen LogP contribution in [0.1, 0.15) is 10.6 Å². The zero-order valence-electron chi connectivity index (χ0n) is 14.1. The molecule has 4 N–H and O–H groups in total. The molecule has 1 heterocycles. The predicted molar refractivity (Wildman–Crippen MR) is 94.2 cm³/mol. The van der Waals surface area contributed by atoms with E-state index in [0.717, 1.165) is 11.1 Å². The Bertz CT molecular complexity index is 936. The Kier molecular flexibility index (Phi) is 4.14. The Labute approximate surface area is 144 Å². The molecule has 7 nitrogen and oxygen atoms in total. The number of ether oxygens (including phenoxy) is 3. The second kappa shape index (κ2) is 6.27. The summed E-state index contributed by atoms with van der Waals surface area (Å²) in [7, 11) is 4.61. The molecule has 0 saturated carbocycles. The third-order valence-corrected chi connectivity index (χ3v) is 3.95. The number of carbonyl (C=O) groups is 1. The molecule has 2 aromatic carbocycles. The van der Waals surface area contributed by atoms with Crippen LogP contribution in [0, 0.1) is 0 Å². The molecule has 25 heavy (non-hydrogen) atoms. The third-order valence-electron chi connectivity index (χ3n) is 3.95. The first-order valence-electron chi connectivity index (χ1n) is 7.43. The van der Waals surface area contributed by atoms with Crippen LogP contribution in [0.15, 0.2) is 34.7 Å². The van der Waals surface area contributed by atoms with Crippen molar-refractivity contribution in [1.82, 2.24) is 0 Å². The Morgan fingerprint density at radius 3 is 2.20 bits per heavy atom. The molecule has 3 rings (SSSR count). The van der Waals surface area contributed by atoms with Crippen molar-refractivity contribution in [2.75, 3.05) is 27.1 Å². The van der Waals surface area contributed by atoms with Gasteiger partial charge in [0.25, 0.3) is 5.91 Å². The second-order valence-electron chi connectivity index (χ2n) is 5.31. The lowest BCUT2D eigenvalue weighted by Crippen LogP contribution is -2.11. The van der Waals surface area contributed by atoms with E-state index in [1.165, 1.54) is 21.3 Å². The molecule has 130 valence electrons. The minimum atomic E-state index is -0.718. The van der Waals surface area contributed by atoms with Gasteiger partial charge in [0.15, 0.2) is 11.5 Å². The van der Waals surface area contributed by atoms with Gasteiger partial charge in [0.05, 0.1) is 27.0 Å². The average Bonchev–Trinajstić information content (AvgIpc) is 2.97. The van der Waals surface area contributed by atoms with E-state index in [0.29, 0.717) is 28.2 Å². The number of furan rings is 1. The molecule has 0 aliphatic rings. The Morgan fingerprint density at radius 1 is 1.04 bits per heavy atom. The van der Waals surface area contributed by atoms with Crippen molar-refractivity contribution in [3.63, 3.8) is 0 Å². The third kappa shape index (κ3) is 2.59. The fourth-order valence-electron chi connectivity index (χ4n) is 2.79. The van der Waals surface area contributed by atoms with E-state index in [4.69, 9.17) is 30.1 Å². The summed E-state index contributed by atoms with van der Waals surface area (Å²) in [5.74, 6) is 0.712. The normalized spacial score (nSPS) is 10.7. The summed E-state index contributed by atoms with van der Waals surface area (Å²) in [6.07, 6.45) is 0. The maximum atomic E-state index is 11.5. The molecule has 0 spiro atoms. The number of primary amides is 1. The number of carbonyl (C=O) groups excluding carboxylic acids is 1. The number of nitrogens with two attached hydrogens (primary N) is 2. The highest BCUT2D eigenvalue weighted by atomic mass is 16.5. The molecule has 0 aliphatic heterocycles. The molecular weight excluding hydrogens is 324 g/mol. The number of amides is 1. The first-order chi connectivity index (χ1) is 12.0. The van der Waals surface area contributed by atoms with Gasteiger partial charge in [0.1, 0.15) is 5.58 Å². The fourth-order valence-corrected chi connectivity index (χ4v) is 2.79. The minimum Gasteiger partial charge on any atom is -0.493 e. The number of hydrogen-bond acceptors (Lipinski definition) is 6. The van der Waals surface area contributed by atoms with Gasteiger partial charge in [-0.25, -0.2) is 0 Å². The van der Waals surface area contributed by atoms with Crippen LogP contribution in [0.5, 0.6) is 17.2 Å². The van der Waals surface area contributed by atoms with Crippen LogP contribution in [0.2, 0.25) is 0 Å². The molecule has 7 heteroatoms. The Hall–Kier alpha value is -3.35. The van der Waals surface area contributed by atoms with Gasteiger partial charge in [0, 0.05) is 10.9 Å².